The highest BCUT2D eigenvalue weighted by Gasteiger charge is 2.35. The van der Waals surface area contributed by atoms with Crippen LogP contribution >= 0.6 is 0 Å². The van der Waals surface area contributed by atoms with Crippen molar-refractivity contribution in [3.05, 3.63) is 54.1 Å². The lowest BCUT2D eigenvalue weighted by molar-refractivity contribution is 0.00397. The molecule has 1 heterocycles. The van der Waals surface area contributed by atoms with Gasteiger partial charge in [-0.3, -0.25) is 0 Å². The SMILES string of the molecule is CCNC(=NCc1nccn1Cc1ccccc1)NCC1(C)CCCCC1O. The first-order chi connectivity index (χ1) is 13.6. The fourth-order valence-corrected chi connectivity index (χ4v) is 3.78. The van der Waals surface area contributed by atoms with Crippen LogP contribution in [0.1, 0.15) is 50.9 Å². The first-order valence-corrected chi connectivity index (χ1v) is 10.3. The molecule has 0 saturated heterocycles. The van der Waals surface area contributed by atoms with Crippen LogP contribution in [-0.2, 0) is 13.1 Å². The fraction of sp³-hybridized carbons (Fsp3) is 0.545. The first-order valence-electron chi connectivity index (χ1n) is 10.3. The smallest absolute Gasteiger partial charge is 0.191 e. The number of imidazole rings is 1. The van der Waals surface area contributed by atoms with Gasteiger partial charge in [-0.15, -0.1) is 0 Å². The molecule has 0 spiro atoms. The minimum atomic E-state index is -0.249. The molecule has 3 rings (SSSR count). The molecule has 6 heteroatoms. The molecule has 1 aromatic heterocycles. The number of rotatable bonds is 7. The molecule has 1 aliphatic rings. The molecule has 2 aromatic rings. The van der Waals surface area contributed by atoms with E-state index in [1.807, 2.05) is 18.5 Å². The van der Waals surface area contributed by atoms with Gasteiger partial charge in [0, 0.05) is 37.4 Å². The van der Waals surface area contributed by atoms with Crippen LogP contribution in [0.5, 0.6) is 0 Å². The molecule has 2 atom stereocenters. The largest absolute Gasteiger partial charge is 0.392 e. The average Bonchev–Trinajstić information content (AvgIpc) is 3.14. The van der Waals surface area contributed by atoms with Crippen LogP contribution in [0.4, 0.5) is 0 Å². The van der Waals surface area contributed by atoms with Crippen molar-refractivity contribution in [2.45, 2.75) is 58.7 Å². The van der Waals surface area contributed by atoms with Gasteiger partial charge in [0.05, 0.1) is 6.10 Å². The second-order valence-electron chi connectivity index (χ2n) is 7.92. The van der Waals surface area contributed by atoms with Crippen LogP contribution in [0.25, 0.3) is 0 Å². The number of benzene rings is 1. The second kappa shape index (κ2) is 9.73. The molecule has 1 aliphatic carbocycles. The lowest BCUT2D eigenvalue weighted by atomic mass is 9.73. The summed E-state index contributed by atoms with van der Waals surface area (Å²) in [6.45, 7) is 7.04. The summed E-state index contributed by atoms with van der Waals surface area (Å²) < 4.78 is 2.13. The maximum atomic E-state index is 10.4. The van der Waals surface area contributed by atoms with Gasteiger partial charge in [-0.05, 0) is 25.3 Å². The number of aromatic nitrogens is 2. The number of aliphatic hydroxyl groups is 1. The van der Waals surface area contributed by atoms with Crippen LogP contribution in [0.2, 0.25) is 0 Å². The van der Waals surface area contributed by atoms with Gasteiger partial charge in [0.1, 0.15) is 12.4 Å². The Bertz CT molecular complexity index is 757. The van der Waals surface area contributed by atoms with Crippen molar-refractivity contribution in [1.29, 1.82) is 0 Å². The van der Waals surface area contributed by atoms with Gasteiger partial charge in [-0.1, -0.05) is 50.1 Å². The summed E-state index contributed by atoms with van der Waals surface area (Å²) in [4.78, 5) is 9.21. The van der Waals surface area contributed by atoms with Gasteiger partial charge in [0.15, 0.2) is 5.96 Å². The Morgan fingerprint density at radius 3 is 2.86 bits per heavy atom. The summed E-state index contributed by atoms with van der Waals surface area (Å²) in [6, 6.07) is 10.4. The predicted octanol–water partition coefficient (Wildman–Crippen LogP) is 2.93. The number of aliphatic hydroxyl groups excluding tert-OH is 1. The summed E-state index contributed by atoms with van der Waals surface area (Å²) in [5, 5.41) is 17.2. The number of aliphatic imine (C=N–C) groups is 1. The first kappa shape index (κ1) is 20.4. The predicted molar refractivity (Wildman–Crippen MR) is 113 cm³/mol. The molecule has 1 fully saturated rings. The third-order valence-electron chi connectivity index (χ3n) is 5.66. The van der Waals surface area contributed by atoms with Crippen LogP contribution in [-0.4, -0.2) is 39.8 Å². The van der Waals surface area contributed by atoms with Gasteiger partial charge in [0.2, 0.25) is 0 Å². The van der Waals surface area contributed by atoms with E-state index in [0.29, 0.717) is 6.54 Å². The van der Waals surface area contributed by atoms with Gasteiger partial charge < -0.3 is 20.3 Å². The Morgan fingerprint density at radius 1 is 1.29 bits per heavy atom. The Kier molecular flexibility index (Phi) is 7.09. The zero-order valence-electron chi connectivity index (χ0n) is 17.1. The Morgan fingerprint density at radius 2 is 2.11 bits per heavy atom. The van der Waals surface area contributed by atoms with Crippen LogP contribution in [0.3, 0.4) is 0 Å². The molecule has 0 bridgehead atoms. The van der Waals surface area contributed by atoms with Crippen LogP contribution < -0.4 is 10.6 Å². The minimum Gasteiger partial charge on any atom is -0.392 e. The van der Waals surface area contributed by atoms with E-state index in [4.69, 9.17) is 4.99 Å². The Labute approximate surface area is 168 Å². The van der Waals surface area contributed by atoms with E-state index >= 15 is 0 Å². The quantitative estimate of drug-likeness (QED) is 0.508. The van der Waals surface area contributed by atoms with Gasteiger partial charge in [-0.25, -0.2) is 9.98 Å². The normalized spacial score (nSPS) is 22.8. The lowest BCUT2D eigenvalue weighted by Crippen LogP contribution is -2.48. The maximum Gasteiger partial charge on any atom is 0.191 e. The van der Waals surface area contributed by atoms with E-state index < -0.39 is 0 Å². The molecule has 0 amide bonds. The number of guanidine groups is 1. The summed E-state index contributed by atoms with van der Waals surface area (Å²) in [6.07, 6.45) is 7.81. The maximum absolute atomic E-state index is 10.4. The lowest BCUT2D eigenvalue weighted by Gasteiger charge is -2.38. The van der Waals surface area contributed by atoms with Crippen LogP contribution in [0.15, 0.2) is 47.7 Å². The van der Waals surface area contributed by atoms with Gasteiger partial charge in [0.25, 0.3) is 0 Å². The van der Waals surface area contributed by atoms with E-state index in [0.717, 1.165) is 50.7 Å². The van der Waals surface area contributed by atoms with Crippen molar-refractivity contribution >= 4 is 5.96 Å². The monoisotopic (exact) mass is 383 g/mol. The van der Waals surface area contributed by atoms with Crippen LogP contribution in [0, 0.1) is 5.41 Å². The van der Waals surface area contributed by atoms with E-state index in [1.165, 1.54) is 12.0 Å². The molecule has 3 N–H and O–H groups in total. The molecule has 0 aliphatic heterocycles. The molecule has 28 heavy (non-hydrogen) atoms. The average molecular weight is 384 g/mol. The van der Waals surface area contributed by atoms with E-state index in [2.05, 4.69) is 58.3 Å². The highest BCUT2D eigenvalue weighted by atomic mass is 16.3. The van der Waals surface area contributed by atoms with Crippen molar-refractivity contribution in [3.8, 4) is 0 Å². The van der Waals surface area contributed by atoms with Gasteiger partial charge in [-0.2, -0.15) is 0 Å². The molecule has 1 aromatic carbocycles. The number of nitrogens with one attached hydrogen (secondary N) is 2. The molecule has 2 unspecified atom stereocenters. The third kappa shape index (κ3) is 5.35. The molecular weight excluding hydrogens is 350 g/mol. The summed E-state index contributed by atoms with van der Waals surface area (Å²) in [5.41, 5.74) is 1.15. The van der Waals surface area contributed by atoms with E-state index in [-0.39, 0.29) is 11.5 Å². The van der Waals surface area contributed by atoms with E-state index in [9.17, 15) is 5.11 Å². The van der Waals surface area contributed by atoms with Crippen molar-refractivity contribution in [1.82, 2.24) is 20.2 Å². The highest BCUT2D eigenvalue weighted by molar-refractivity contribution is 5.79. The minimum absolute atomic E-state index is 0.0970. The molecule has 6 nitrogen and oxygen atoms in total. The molecule has 152 valence electrons. The topological polar surface area (TPSA) is 74.5 Å². The third-order valence-corrected chi connectivity index (χ3v) is 5.66. The van der Waals surface area contributed by atoms with Crippen molar-refractivity contribution in [3.63, 3.8) is 0 Å². The second-order valence-corrected chi connectivity index (χ2v) is 7.92. The highest BCUT2D eigenvalue weighted by Crippen LogP contribution is 2.35. The summed E-state index contributed by atoms with van der Waals surface area (Å²) in [7, 11) is 0. The number of hydrogen-bond acceptors (Lipinski definition) is 3. The Hall–Kier alpha value is -2.34. The van der Waals surface area contributed by atoms with Crippen molar-refractivity contribution < 1.29 is 5.11 Å². The van der Waals surface area contributed by atoms with Gasteiger partial charge >= 0.3 is 0 Å². The molecule has 0 radical (unpaired) electrons. The van der Waals surface area contributed by atoms with E-state index in [1.54, 1.807) is 0 Å². The number of nitrogens with zero attached hydrogens (tertiary/aromatic N) is 3. The summed E-state index contributed by atoms with van der Waals surface area (Å²) >= 11 is 0. The van der Waals surface area contributed by atoms with Crippen molar-refractivity contribution in [2.24, 2.45) is 10.4 Å². The fourth-order valence-electron chi connectivity index (χ4n) is 3.78. The zero-order chi connectivity index (χ0) is 19.8. The molecular formula is C22H33N5O. The molecule has 1 saturated carbocycles. The summed E-state index contributed by atoms with van der Waals surface area (Å²) in [5.74, 6) is 1.71. The number of hydrogen-bond donors (Lipinski definition) is 3. The zero-order valence-corrected chi connectivity index (χ0v) is 17.1. The Balaban J connectivity index is 1.62. The standard InChI is InChI=1S/C22H33N5O/c1-3-23-21(26-17-22(2)12-8-7-11-19(22)28)25-15-20-24-13-14-27(20)16-18-9-5-4-6-10-18/h4-6,9-10,13-14,19,28H,3,7-8,11-12,15-17H2,1-2H3,(H2,23,25,26). The van der Waals surface area contributed by atoms with Crippen molar-refractivity contribution in [2.75, 3.05) is 13.1 Å².